The van der Waals surface area contributed by atoms with E-state index in [-0.39, 0.29) is 19.4 Å². The highest BCUT2D eigenvalue weighted by atomic mass is 31.2. The number of carbonyl (C=O) groups excluding carboxylic acids is 2. The number of carboxylic acids is 1. The molecule has 0 radical (unpaired) electrons. The maximum Gasteiger partial charge on any atom is 0.472 e. The van der Waals surface area contributed by atoms with E-state index in [1.165, 1.54) is 77.0 Å². The second-order valence-electron chi connectivity index (χ2n) is 13.1. The second kappa shape index (κ2) is 33.4. The fourth-order valence-corrected chi connectivity index (χ4v) is 5.95. The molecule has 0 aromatic heterocycles. The van der Waals surface area contributed by atoms with Crippen LogP contribution in [-0.4, -0.2) is 59.9 Å². The molecule has 3 unspecified atom stereocenters. The molecule has 0 bridgehead atoms. The Kier molecular flexibility index (Phi) is 32.2. The molecule has 0 aliphatic heterocycles. The summed E-state index contributed by atoms with van der Waals surface area (Å²) in [7, 11) is -4.70. The van der Waals surface area contributed by atoms with Crippen LogP contribution in [0.5, 0.6) is 0 Å². The average Bonchev–Trinajstić information content (AvgIpc) is 3.07. The van der Waals surface area contributed by atoms with Crippen molar-refractivity contribution in [3.63, 3.8) is 0 Å². The molecule has 4 N–H and O–H groups in total. The molecule has 288 valence electrons. The lowest BCUT2D eigenvalue weighted by molar-refractivity contribution is -0.161. The van der Waals surface area contributed by atoms with Crippen LogP contribution < -0.4 is 5.73 Å². The normalized spacial score (nSPS) is 14.0. The van der Waals surface area contributed by atoms with Gasteiger partial charge in [-0.05, 0) is 38.5 Å². The molecular formula is C37H70NO10P. The van der Waals surface area contributed by atoms with Gasteiger partial charge in [-0.2, -0.15) is 0 Å². The Labute approximate surface area is 297 Å². The Balaban J connectivity index is 4.44. The van der Waals surface area contributed by atoms with Crippen LogP contribution in [0, 0.1) is 0 Å². The summed E-state index contributed by atoms with van der Waals surface area (Å²) in [4.78, 5) is 45.7. The zero-order valence-corrected chi connectivity index (χ0v) is 31.7. The number of esters is 2. The van der Waals surface area contributed by atoms with E-state index in [0.717, 1.165) is 57.8 Å². The molecule has 0 amide bonds. The minimum Gasteiger partial charge on any atom is -0.480 e. The number of phosphoric acid groups is 1. The molecule has 12 heteroatoms. The van der Waals surface area contributed by atoms with E-state index in [2.05, 4.69) is 30.5 Å². The van der Waals surface area contributed by atoms with E-state index in [1.54, 1.807) is 0 Å². The van der Waals surface area contributed by atoms with Crippen LogP contribution in [-0.2, 0) is 37.5 Å². The first-order valence-electron chi connectivity index (χ1n) is 19.2. The summed E-state index contributed by atoms with van der Waals surface area (Å²) in [6, 6.07) is -1.52. The lowest BCUT2D eigenvalue weighted by atomic mass is 10.1. The van der Waals surface area contributed by atoms with Gasteiger partial charge in [0.1, 0.15) is 12.6 Å². The number of nitrogens with two attached hydrogens (primary N) is 1. The number of carbonyl (C=O) groups is 3. The van der Waals surface area contributed by atoms with Gasteiger partial charge < -0.3 is 25.2 Å². The fourth-order valence-electron chi connectivity index (χ4n) is 5.18. The molecule has 3 atom stereocenters. The summed E-state index contributed by atoms with van der Waals surface area (Å²) in [5.74, 6) is -2.38. The van der Waals surface area contributed by atoms with Crippen LogP contribution >= 0.6 is 7.82 Å². The zero-order valence-electron chi connectivity index (χ0n) is 30.8. The predicted molar refractivity (Wildman–Crippen MR) is 194 cm³/mol. The molecule has 11 nitrogen and oxygen atoms in total. The van der Waals surface area contributed by atoms with Crippen LogP contribution in [0.4, 0.5) is 0 Å². The maximum atomic E-state index is 12.5. The summed E-state index contributed by atoms with van der Waals surface area (Å²) >= 11 is 0. The molecule has 49 heavy (non-hydrogen) atoms. The van der Waals surface area contributed by atoms with E-state index < -0.39 is 51.1 Å². The van der Waals surface area contributed by atoms with Crippen molar-refractivity contribution < 1.29 is 47.5 Å². The van der Waals surface area contributed by atoms with Gasteiger partial charge in [0, 0.05) is 12.8 Å². The SMILES string of the molecule is CCCCCCC/C=C\CCCCCCCC(=O)OC(COC(=O)CCCCCCCCCCCCC)COP(=O)(O)OCC(N)C(=O)O. The van der Waals surface area contributed by atoms with Gasteiger partial charge in [0.25, 0.3) is 0 Å². The topological polar surface area (TPSA) is 172 Å². The molecule has 0 heterocycles. The Morgan fingerprint density at radius 3 is 1.49 bits per heavy atom. The average molecular weight is 720 g/mol. The van der Waals surface area contributed by atoms with E-state index in [1.807, 2.05) is 0 Å². The molecule has 0 spiro atoms. The summed E-state index contributed by atoms with van der Waals surface area (Å²) in [5.41, 5.74) is 5.31. The monoisotopic (exact) mass is 719 g/mol. The Morgan fingerprint density at radius 1 is 0.612 bits per heavy atom. The highest BCUT2D eigenvalue weighted by Gasteiger charge is 2.28. The number of unbranched alkanes of at least 4 members (excludes halogenated alkanes) is 20. The summed E-state index contributed by atoms with van der Waals surface area (Å²) in [6.45, 7) is 2.76. The summed E-state index contributed by atoms with van der Waals surface area (Å²) in [5, 5.41) is 8.85. The Morgan fingerprint density at radius 2 is 1.02 bits per heavy atom. The van der Waals surface area contributed by atoms with Crippen LogP contribution in [0.15, 0.2) is 12.2 Å². The largest absolute Gasteiger partial charge is 0.480 e. The van der Waals surface area contributed by atoms with Gasteiger partial charge in [-0.3, -0.25) is 23.4 Å². The van der Waals surface area contributed by atoms with Crippen molar-refractivity contribution in [3.8, 4) is 0 Å². The van der Waals surface area contributed by atoms with Gasteiger partial charge in [0.15, 0.2) is 6.10 Å². The Bertz CT molecular complexity index is 900. The maximum absolute atomic E-state index is 12.5. The van der Waals surface area contributed by atoms with Crippen LogP contribution in [0.3, 0.4) is 0 Å². The minimum absolute atomic E-state index is 0.155. The van der Waals surface area contributed by atoms with E-state index >= 15 is 0 Å². The standard InChI is InChI=1S/C37H70NO10P/c1-3-5-7-9-11-13-15-16-17-19-21-23-25-27-29-36(40)48-33(31-46-49(43,44)47-32-34(38)37(41)42)30-45-35(39)28-26-24-22-20-18-14-12-10-8-6-4-2/h15-16,33-34H,3-14,17-32,38H2,1-2H3,(H,41,42)(H,43,44)/b16-15-. The van der Waals surface area contributed by atoms with Crippen molar-refractivity contribution in [3.05, 3.63) is 12.2 Å². The number of allylic oxidation sites excluding steroid dienone is 2. The van der Waals surface area contributed by atoms with Crippen LogP contribution in [0.1, 0.15) is 174 Å². The molecule has 0 aliphatic rings. The van der Waals surface area contributed by atoms with Crippen molar-refractivity contribution in [1.29, 1.82) is 0 Å². The van der Waals surface area contributed by atoms with Crippen molar-refractivity contribution in [2.45, 2.75) is 187 Å². The molecule has 0 saturated heterocycles. The first-order valence-corrected chi connectivity index (χ1v) is 20.7. The quantitative estimate of drug-likeness (QED) is 0.0244. The Hall–Kier alpha value is -1.78. The van der Waals surface area contributed by atoms with Gasteiger partial charge in [-0.15, -0.1) is 0 Å². The van der Waals surface area contributed by atoms with Crippen LogP contribution in [0.2, 0.25) is 0 Å². The van der Waals surface area contributed by atoms with Crippen molar-refractivity contribution >= 4 is 25.7 Å². The van der Waals surface area contributed by atoms with Crippen LogP contribution in [0.25, 0.3) is 0 Å². The molecule has 0 fully saturated rings. The van der Waals surface area contributed by atoms with E-state index in [0.29, 0.717) is 12.8 Å². The number of carboxylic acid groups (broad SMARTS) is 1. The predicted octanol–water partition coefficient (Wildman–Crippen LogP) is 9.34. The molecule has 0 rings (SSSR count). The van der Waals surface area contributed by atoms with Crippen molar-refractivity contribution in [1.82, 2.24) is 0 Å². The second-order valence-corrected chi connectivity index (χ2v) is 14.5. The van der Waals surface area contributed by atoms with Gasteiger partial charge >= 0.3 is 25.7 Å². The number of hydrogen-bond donors (Lipinski definition) is 3. The molecule has 0 aromatic carbocycles. The van der Waals surface area contributed by atoms with Gasteiger partial charge in [-0.25, -0.2) is 4.57 Å². The molecule has 0 saturated carbocycles. The highest BCUT2D eigenvalue weighted by molar-refractivity contribution is 7.47. The first-order chi connectivity index (χ1) is 23.6. The summed E-state index contributed by atoms with van der Waals surface area (Å²) in [6.07, 6.45) is 29.9. The number of phosphoric ester groups is 1. The number of ether oxygens (including phenoxy) is 2. The lowest BCUT2D eigenvalue weighted by Crippen LogP contribution is -2.34. The fraction of sp³-hybridized carbons (Fsp3) is 0.865. The first kappa shape index (κ1) is 47.2. The smallest absolute Gasteiger partial charge is 0.472 e. The molecular weight excluding hydrogens is 649 g/mol. The van der Waals surface area contributed by atoms with Gasteiger partial charge in [0.05, 0.1) is 13.2 Å². The van der Waals surface area contributed by atoms with E-state index in [4.69, 9.17) is 24.8 Å². The number of aliphatic carboxylic acids is 1. The van der Waals surface area contributed by atoms with Crippen molar-refractivity contribution in [2.75, 3.05) is 19.8 Å². The van der Waals surface area contributed by atoms with Crippen molar-refractivity contribution in [2.24, 2.45) is 5.73 Å². The number of rotatable bonds is 36. The third kappa shape index (κ3) is 33.1. The highest BCUT2D eigenvalue weighted by Crippen LogP contribution is 2.43. The zero-order chi connectivity index (χ0) is 36.4. The molecule has 0 aliphatic carbocycles. The van der Waals surface area contributed by atoms with Gasteiger partial charge in [-0.1, -0.05) is 135 Å². The minimum atomic E-state index is -4.70. The summed E-state index contributed by atoms with van der Waals surface area (Å²) < 4.78 is 32.5. The third-order valence-corrected chi connectivity index (χ3v) is 9.21. The third-order valence-electron chi connectivity index (χ3n) is 8.26. The van der Waals surface area contributed by atoms with Gasteiger partial charge in [0.2, 0.25) is 0 Å². The lowest BCUT2D eigenvalue weighted by Gasteiger charge is -2.20. The van der Waals surface area contributed by atoms with E-state index in [9.17, 15) is 23.8 Å². The number of hydrogen-bond acceptors (Lipinski definition) is 9. The molecule has 0 aromatic rings.